The summed E-state index contributed by atoms with van der Waals surface area (Å²) in [6, 6.07) is 5.72. The molecule has 21 heavy (non-hydrogen) atoms. The first-order chi connectivity index (χ1) is 9.97. The molecular formula is C16H24ClN3O. The summed E-state index contributed by atoms with van der Waals surface area (Å²) >= 11 is 5.85. The van der Waals surface area contributed by atoms with E-state index in [1.54, 1.807) is 18.2 Å². The zero-order chi connectivity index (χ0) is 15.4. The van der Waals surface area contributed by atoms with Gasteiger partial charge >= 0.3 is 0 Å². The first-order valence-corrected chi connectivity index (χ1v) is 7.94. The molecule has 1 atom stereocenters. The summed E-state index contributed by atoms with van der Waals surface area (Å²) in [4.78, 5) is 14.5. The van der Waals surface area contributed by atoms with E-state index in [9.17, 15) is 4.79 Å². The van der Waals surface area contributed by atoms with Gasteiger partial charge in [-0.05, 0) is 43.5 Å². The number of hydrogen-bond acceptors (Lipinski definition) is 3. The maximum absolute atomic E-state index is 12.1. The molecule has 4 nitrogen and oxygen atoms in total. The van der Waals surface area contributed by atoms with Crippen LogP contribution in [0.25, 0.3) is 0 Å². The van der Waals surface area contributed by atoms with Crippen molar-refractivity contribution in [2.75, 3.05) is 24.1 Å². The number of halogens is 1. The molecule has 5 heteroatoms. The highest BCUT2D eigenvalue weighted by Crippen LogP contribution is 2.25. The maximum atomic E-state index is 12.1. The van der Waals surface area contributed by atoms with E-state index in [1.807, 2.05) is 0 Å². The molecule has 2 rings (SSSR count). The molecule has 116 valence electrons. The Morgan fingerprint density at radius 3 is 2.95 bits per heavy atom. The molecule has 1 aliphatic heterocycles. The van der Waals surface area contributed by atoms with Crippen molar-refractivity contribution in [3.8, 4) is 0 Å². The lowest BCUT2D eigenvalue weighted by molar-refractivity contribution is -0.116. The molecule has 1 aliphatic rings. The monoisotopic (exact) mass is 309 g/mol. The Morgan fingerprint density at radius 2 is 2.29 bits per heavy atom. The number of amides is 1. The number of carbonyl (C=O) groups is 1. The standard InChI is InChI=1S/C16H24ClN3O/c1-11(2)15-4-3-8-20(15)9-7-16(21)19-14-6-5-12(17)10-13(14)18/h5-6,10-11,15H,3-4,7-9,18H2,1-2H3,(H,19,21). The Balaban J connectivity index is 1.85. The molecule has 1 unspecified atom stereocenters. The fourth-order valence-corrected chi connectivity index (χ4v) is 3.17. The Hall–Kier alpha value is -1.26. The van der Waals surface area contributed by atoms with Gasteiger partial charge in [0.25, 0.3) is 0 Å². The predicted octanol–water partition coefficient (Wildman–Crippen LogP) is 3.37. The summed E-state index contributed by atoms with van der Waals surface area (Å²) < 4.78 is 0. The molecule has 1 aromatic rings. The number of hydrogen-bond donors (Lipinski definition) is 2. The van der Waals surface area contributed by atoms with E-state index in [-0.39, 0.29) is 5.91 Å². The third kappa shape index (κ3) is 4.35. The third-order valence-electron chi connectivity index (χ3n) is 4.10. The molecular weight excluding hydrogens is 286 g/mol. The first kappa shape index (κ1) is 16.1. The lowest BCUT2D eigenvalue weighted by atomic mass is 10.0. The molecule has 1 amide bonds. The second-order valence-electron chi connectivity index (χ2n) is 6.02. The number of nitrogens with zero attached hydrogens (tertiary/aromatic N) is 1. The van der Waals surface area contributed by atoms with Crippen molar-refractivity contribution in [3.05, 3.63) is 23.2 Å². The highest BCUT2D eigenvalue weighted by molar-refractivity contribution is 6.31. The number of benzene rings is 1. The number of nitrogen functional groups attached to an aromatic ring is 1. The summed E-state index contributed by atoms with van der Waals surface area (Å²) in [6.07, 6.45) is 2.96. The predicted molar refractivity (Wildman–Crippen MR) is 88.5 cm³/mol. The van der Waals surface area contributed by atoms with Crippen LogP contribution in [-0.4, -0.2) is 29.9 Å². The van der Waals surface area contributed by atoms with Crippen LogP contribution >= 0.6 is 11.6 Å². The summed E-state index contributed by atoms with van der Waals surface area (Å²) in [5, 5.41) is 3.43. The van der Waals surface area contributed by atoms with E-state index in [0.29, 0.717) is 34.8 Å². The number of rotatable bonds is 5. The van der Waals surface area contributed by atoms with Crippen molar-refractivity contribution in [3.63, 3.8) is 0 Å². The molecule has 0 spiro atoms. The van der Waals surface area contributed by atoms with Crippen molar-refractivity contribution >= 4 is 28.9 Å². The van der Waals surface area contributed by atoms with Crippen molar-refractivity contribution in [2.24, 2.45) is 5.92 Å². The van der Waals surface area contributed by atoms with Gasteiger partial charge in [0.1, 0.15) is 0 Å². The topological polar surface area (TPSA) is 58.4 Å². The van der Waals surface area contributed by atoms with Crippen LogP contribution in [0.15, 0.2) is 18.2 Å². The highest BCUT2D eigenvalue weighted by Gasteiger charge is 2.26. The molecule has 0 radical (unpaired) electrons. The van der Waals surface area contributed by atoms with E-state index in [4.69, 9.17) is 17.3 Å². The van der Waals surface area contributed by atoms with E-state index in [0.717, 1.165) is 13.1 Å². The summed E-state index contributed by atoms with van der Waals surface area (Å²) in [5.74, 6) is 0.640. The molecule has 0 aliphatic carbocycles. The van der Waals surface area contributed by atoms with Gasteiger partial charge in [-0.25, -0.2) is 0 Å². The van der Waals surface area contributed by atoms with Crippen LogP contribution in [0, 0.1) is 5.92 Å². The van der Waals surface area contributed by atoms with Crippen LogP contribution in [0.5, 0.6) is 0 Å². The summed E-state index contributed by atoms with van der Waals surface area (Å²) in [7, 11) is 0. The fraction of sp³-hybridized carbons (Fsp3) is 0.562. The zero-order valence-electron chi connectivity index (χ0n) is 12.7. The van der Waals surface area contributed by atoms with Crippen LogP contribution in [0.2, 0.25) is 5.02 Å². The number of likely N-dealkylation sites (tertiary alicyclic amines) is 1. The Bertz CT molecular complexity index is 504. The molecule has 0 bridgehead atoms. The molecule has 0 saturated carbocycles. The molecule has 1 heterocycles. The van der Waals surface area contributed by atoms with Crippen LogP contribution in [0.1, 0.15) is 33.1 Å². The van der Waals surface area contributed by atoms with Gasteiger partial charge in [-0.1, -0.05) is 25.4 Å². The minimum Gasteiger partial charge on any atom is -0.397 e. The number of carbonyl (C=O) groups excluding carboxylic acids is 1. The highest BCUT2D eigenvalue weighted by atomic mass is 35.5. The van der Waals surface area contributed by atoms with Gasteiger partial charge in [-0.3, -0.25) is 9.69 Å². The van der Waals surface area contributed by atoms with E-state index in [1.165, 1.54) is 12.8 Å². The minimum atomic E-state index is -0.00146. The third-order valence-corrected chi connectivity index (χ3v) is 4.33. The number of anilines is 2. The van der Waals surface area contributed by atoms with Gasteiger partial charge in [-0.15, -0.1) is 0 Å². The minimum absolute atomic E-state index is 0.00146. The Labute approximate surface area is 131 Å². The average molecular weight is 310 g/mol. The molecule has 0 aromatic heterocycles. The second kappa shape index (κ2) is 7.14. The average Bonchev–Trinajstić information content (AvgIpc) is 2.88. The normalized spacial score (nSPS) is 19.1. The van der Waals surface area contributed by atoms with E-state index >= 15 is 0 Å². The van der Waals surface area contributed by atoms with E-state index < -0.39 is 0 Å². The smallest absolute Gasteiger partial charge is 0.225 e. The van der Waals surface area contributed by atoms with Crippen molar-refractivity contribution in [1.82, 2.24) is 4.90 Å². The lowest BCUT2D eigenvalue weighted by Gasteiger charge is -2.27. The molecule has 1 aromatic carbocycles. The van der Waals surface area contributed by atoms with Gasteiger partial charge in [0.2, 0.25) is 5.91 Å². The first-order valence-electron chi connectivity index (χ1n) is 7.56. The van der Waals surface area contributed by atoms with Gasteiger partial charge in [0.05, 0.1) is 11.4 Å². The van der Waals surface area contributed by atoms with Gasteiger partial charge in [0, 0.05) is 24.0 Å². The number of nitrogens with two attached hydrogens (primary N) is 1. The Kier molecular flexibility index (Phi) is 5.48. The zero-order valence-corrected chi connectivity index (χ0v) is 13.5. The largest absolute Gasteiger partial charge is 0.397 e. The number of nitrogens with one attached hydrogen (secondary N) is 1. The Morgan fingerprint density at radius 1 is 1.52 bits per heavy atom. The van der Waals surface area contributed by atoms with Crippen LogP contribution < -0.4 is 11.1 Å². The molecule has 3 N–H and O–H groups in total. The SMILES string of the molecule is CC(C)C1CCCN1CCC(=O)Nc1ccc(Cl)cc1N. The maximum Gasteiger partial charge on any atom is 0.225 e. The molecule has 1 fully saturated rings. The van der Waals surface area contributed by atoms with E-state index in [2.05, 4.69) is 24.1 Å². The van der Waals surface area contributed by atoms with Crippen molar-refractivity contribution in [1.29, 1.82) is 0 Å². The lowest BCUT2D eigenvalue weighted by Crippen LogP contribution is -2.35. The van der Waals surface area contributed by atoms with Gasteiger partial charge in [-0.2, -0.15) is 0 Å². The summed E-state index contributed by atoms with van der Waals surface area (Å²) in [6.45, 7) is 6.40. The van der Waals surface area contributed by atoms with Gasteiger partial charge in [0.15, 0.2) is 0 Å². The fourth-order valence-electron chi connectivity index (χ4n) is 2.99. The summed E-state index contributed by atoms with van der Waals surface area (Å²) in [5.41, 5.74) is 6.97. The van der Waals surface area contributed by atoms with Crippen LogP contribution in [-0.2, 0) is 4.79 Å². The molecule has 1 saturated heterocycles. The quantitative estimate of drug-likeness (QED) is 0.820. The van der Waals surface area contributed by atoms with Crippen molar-refractivity contribution < 1.29 is 4.79 Å². The second-order valence-corrected chi connectivity index (χ2v) is 6.46. The van der Waals surface area contributed by atoms with Crippen LogP contribution in [0.3, 0.4) is 0 Å². The van der Waals surface area contributed by atoms with Gasteiger partial charge < -0.3 is 11.1 Å². The van der Waals surface area contributed by atoms with Crippen molar-refractivity contribution in [2.45, 2.75) is 39.2 Å². The van der Waals surface area contributed by atoms with Crippen LogP contribution in [0.4, 0.5) is 11.4 Å².